The zero-order valence-electron chi connectivity index (χ0n) is 13.3. The number of carbonyl (C=O) groups is 2. The van der Waals surface area contributed by atoms with Crippen LogP contribution in [-0.4, -0.2) is 51.0 Å². The highest BCUT2D eigenvalue weighted by atomic mass is 16.2. The van der Waals surface area contributed by atoms with Crippen LogP contribution in [0, 0.1) is 5.92 Å². The fraction of sp³-hybridized carbons (Fsp3) is 0.733. The molecule has 2 aliphatic rings. The van der Waals surface area contributed by atoms with Gasteiger partial charge in [-0.3, -0.25) is 14.7 Å². The van der Waals surface area contributed by atoms with Crippen LogP contribution in [0.3, 0.4) is 0 Å². The molecular formula is C15H24N6O2. The molecule has 0 bridgehead atoms. The summed E-state index contributed by atoms with van der Waals surface area (Å²) in [6.45, 7) is 1.05. The third-order valence-electron chi connectivity index (χ3n) is 4.79. The molecule has 1 saturated heterocycles. The van der Waals surface area contributed by atoms with Crippen molar-refractivity contribution in [2.24, 2.45) is 5.92 Å². The molecule has 8 heteroatoms. The molecule has 0 aromatic carbocycles. The van der Waals surface area contributed by atoms with Gasteiger partial charge in [0.1, 0.15) is 5.82 Å². The molecule has 1 unspecified atom stereocenters. The number of piperidine rings is 1. The Morgan fingerprint density at radius 3 is 2.83 bits per heavy atom. The molecule has 1 aliphatic heterocycles. The molecule has 0 spiro atoms. The second-order valence-corrected chi connectivity index (χ2v) is 6.40. The first kappa shape index (κ1) is 15.8. The molecule has 0 radical (unpaired) electrons. The number of hydrogen-bond acceptors (Lipinski definition) is 5. The Morgan fingerprint density at radius 2 is 2.13 bits per heavy atom. The van der Waals surface area contributed by atoms with Crippen LogP contribution in [0.1, 0.15) is 44.3 Å². The maximum Gasteiger partial charge on any atom is 0.239 e. The normalized spacial score (nSPS) is 22.5. The van der Waals surface area contributed by atoms with Gasteiger partial charge in [0.2, 0.25) is 17.8 Å². The Kier molecular flexibility index (Phi) is 4.78. The smallest absolute Gasteiger partial charge is 0.239 e. The maximum atomic E-state index is 12.3. The van der Waals surface area contributed by atoms with E-state index in [4.69, 9.17) is 5.73 Å². The number of rotatable bonds is 5. The van der Waals surface area contributed by atoms with E-state index in [1.165, 1.54) is 12.8 Å². The lowest BCUT2D eigenvalue weighted by atomic mass is 9.95. The Hall–Kier alpha value is -2.12. The third-order valence-corrected chi connectivity index (χ3v) is 4.79. The number of amides is 2. The van der Waals surface area contributed by atoms with Gasteiger partial charge in [-0.15, -0.1) is 5.10 Å². The van der Waals surface area contributed by atoms with E-state index in [0.29, 0.717) is 44.2 Å². The highest BCUT2D eigenvalue weighted by molar-refractivity contribution is 5.84. The lowest BCUT2D eigenvalue weighted by Gasteiger charge is -2.36. The van der Waals surface area contributed by atoms with Gasteiger partial charge >= 0.3 is 0 Å². The second-order valence-electron chi connectivity index (χ2n) is 6.40. The molecule has 23 heavy (non-hydrogen) atoms. The molecule has 126 valence electrons. The summed E-state index contributed by atoms with van der Waals surface area (Å²) in [4.78, 5) is 30.4. The maximum absolute atomic E-state index is 12.3. The average molecular weight is 320 g/mol. The average Bonchev–Trinajstić information content (AvgIpc) is 3.19. The van der Waals surface area contributed by atoms with Crippen molar-refractivity contribution in [1.29, 1.82) is 0 Å². The monoisotopic (exact) mass is 320 g/mol. The number of nitrogens with two attached hydrogens (primary N) is 1. The lowest BCUT2D eigenvalue weighted by molar-refractivity contribution is -0.140. The van der Waals surface area contributed by atoms with Crippen molar-refractivity contribution >= 4 is 17.8 Å². The number of nitrogens with one attached hydrogen (secondary N) is 2. The lowest BCUT2D eigenvalue weighted by Crippen LogP contribution is -2.49. The van der Waals surface area contributed by atoms with Crippen LogP contribution in [0.2, 0.25) is 0 Å². The summed E-state index contributed by atoms with van der Waals surface area (Å²) in [7, 11) is 0. The summed E-state index contributed by atoms with van der Waals surface area (Å²) >= 11 is 0. The zero-order chi connectivity index (χ0) is 16.2. The second kappa shape index (κ2) is 6.97. The molecule has 8 nitrogen and oxygen atoms in total. The summed E-state index contributed by atoms with van der Waals surface area (Å²) < 4.78 is 0. The van der Waals surface area contributed by atoms with Gasteiger partial charge in [0.25, 0.3) is 0 Å². The molecule has 1 saturated carbocycles. The van der Waals surface area contributed by atoms with Crippen LogP contribution >= 0.6 is 0 Å². The number of aromatic nitrogens is 3. The molecule has 2 fully saturated rings. The minimum absolute atomic E-state index is 0.0213. The van der Waals surface area contributed by atoms with Gasteiger partial charge in [-0.05, 0) is 19.3 Å². The third kappa shape index (κ3) is 3.80. The molecule has 1 aromatic rings. The minimum Gasteiger partial charge on any atom is -0.367 e. The first-order valence-electron chi connectivity index (χ1n) is 8.37. The summed E-state index contributed by atoms with van der Waals surface area (Å²) in [5.41, 5.74) is 5.44. The largest absolute Gasteiger partial charge is 0.367 e. The van der Waals surface area contributed by atoms with Crippen molar-refractivity contribution in [2.75, 3.05) is 18.8 Å². The Morgan fingerprint density at radius 1 is 1.35 bits per heavy atom. The predicted molar refractivity (Wildman–Crippen MR) is 84.2 cm³/mol. The zero-order valence-corrected chi connectivity index (χ0v) is 13.3. The van der Waals surface area contributed by atoms with Crippen LogP contribution in [0.15, 0.2) is 0 Å². The van der Waals surface area contributed by atoms with Crippen molar-refractivity contribution in [3.05, 3.63) is 5.82 Å². The number of carbonyl (C=O) groups excluding carboxylic acids is 2. The Balaban J connectivity index is 1.47. The van der Waals surface area contributed by atoms with Gasteiger partial charge in [0.15, 0.2) is 0 Å². The fourth-order valence-electron chi connectivity index (χ4n) is 3.52. The molecule has 3 rings (SSSR count). The van der Waals surface area contributed by atoms with Crippen molar-refractivity contribution in [3.63, 3.8) is 0 Å². The van der Waals surface area contributed by atoms with E-state index in [0.717, 1.165) is 12.8 Å². The number of nitrogen functional groups attached to an aromatic ring is 1. The van der Waals surface area contributed by atoms with Gasteiger partial charge in [0.05, 0.1) is 5.92 Å². The van der Waals surface area contributed by atoms with Crippen LogP contribution in [0.5, 0.6) is 0 Å². The number of likely N-dealkylation sites (tertiary alicyclic amines) is 1. The molecular weight excluding hydrogens is 296 g/mol. The van der Waals surface area contributed by atoms with Crippen molar-refractivity contribution < 1.29 is 9.59 Å². The molecule has 4 N–H and O–H groups in total. The number of hydrogen-bond donors (Lipinski definition) is 3. The first-order valence-corrected chi connectivity index (χ1v) is 8.37. The van der Waals surface area contributed by atoms with E-state index in [2.05, 4.69) is 20.5 Å². The van der Waals surface area contributed by atoms with Gasteiger partial charge in [0, 0.05) is 32.0 Å². The molecule has 2 heterocycles. The Labute approximate surface area is 135 Å². The highest BCUT2D eigenvalue weighted by Gasteiger charge is 2.34. The van der Waals surface area contributed by atoms with Gasteiger partial charge < -0.3 is 16.0 Å². The Bertz CT molecular complexity index is 566. The van der Waals surface area contributed by atoms with Crippen LogP contribution in [-0.2, 0) is 16.0 Å². The minimum atomic E-state index is -0.104. The van der Waals surface area contributed by atoms with Crippen molar-refractivity contribution in [1.82, 2.24) is 25.4 Å². The van der Waals surface area contributed by atoms with E-state index >= 15 is 0 Å². The molecule has 1 atom stereocenters. The summed E-state index contributed by atoms with van der Waals surface area (Å²) in [6, 6.07) is 0.343. The number of anilines is 1. The van der Waals surface area contributed by atoms with E-state index in [1.807, 2.05) is 4.90 Å². The molecule has 2 amide bonds. The highest BCUT2D eigenvalue weighted by Crippen LogP contribution is 2.28. The van der Waals surface area contributed by atoms with E-state index in [1.54, 1.807) is 0 Å². The summed E-state index contributed by atoms with van der Waals surface area (Å²) in [5.74, 6) is 0.998. The van der Waals surface area contributed by atoms with E-state index in [9.17, 15) is 9.59 Å². The SMILES string of the molecule is Nc1n[nH]c(CCNC(=O)C2CCC(=O)N(C3CCCC3)C2)n1. The van der Waals surface area contributed by atoms with Crippen molar-refractivity contribution in [3.8, 4) is 0 Å². The van der Waals surface area contributed by atoms with E-state index in [-0.39, 0.29) is 23.7 Å². The number of H-pyrrole nitrogens is 1. The summed E-state index contributed by atoms with van der Waals surface area (Å²) in [6.07, 6.45) is 6.21. The van der Waals surface area contributed by atoms with Gasteiger partial charge in [-0.25, -0.2) is 0 Å². The summed E-state index contributed by atoms with van der Waals surface area (Å²) in [5, 5.41) is 9.40. The first-order chi connectivity index (χ1) is 11.1. The quantitative estimate of drug-likeness (QED) is 0.718. The van der Waals surface area contributed by atoms with E-state index < -0.39 is 0 Å². The standard InChI is InChI=1S/C15H24N6O2/c16-15-18-12(19-20-15)7-8-17-14(23)10-5-6-13(22)21(9-10)11-3-1-2-4-11/h10-11H,1-9H2,(H,17,23)(H3,16,18,19,20). The van der Waals surface area contributed by atoms with Crippen LogP contribution in [0.4, 0.5) is 5.95 Å². The topological polar surface area (TPSA) is 117 Å². The number of nitrogens with zero attached hydrogens (tertiary/aromatic N) is 3. The van der Waals surface area contributed by atoms with Crippen LogP contribution < -0.4 is 11.1 Å². The predicted octanol–water partition coefficient (Wildman–Crippen LogP) is 0.227. The van der Waals surface area contributed by atoms with Crippen LogP contribution in [0.25, 0.3) is 0 Å². The molecule has 1 aliphatic carbocycles. The number of aromatic amines is 1. The van der Waals surface area contributed by atoms with Gasteiger partial charge in [-0.2, -0.15) is 4.98 Å². The van der Waals surface area contributed by atoms with Crippen molar-refractivity contribution in [2.45, 2.75) is 51.0 Å². The fourth-order valence-corrected chi connectivity index (χ4v) is 3.52. The molecule has 1 aromatic heterocycles. The van der Waals surface area contributed by atoms with Gasteiger partial charge in [-0.1, -0.05) is 12.8 Å².